The fourth-order valence-electron chi connectivity index (χ4n) is 3.07. The van der Waals surface area contributed by atoms with Crippen molar-refractivity contribution in [3.63, 3.8) is 0 Å². The molecule has 0 aliphatic carbocycles. The molecule has 1 aromatic carbocycles. The number of ether oxygens (including phenoxy) is 3. The van der Waals surface area contributed by atoms with Gasteiger partial charge >= 0.3 is 6.61 Å². The normalized spacial score (nSPS) is 23.3. The molecule has 3 rings (SSSR count). The molecule has 2 aliphatic rings. The fourth-order valence-corrected chi connectivity index (χ4v) is 5.07. The zero-order chi connectivity index (χ0) is 18.0. The maximum atomic E-state index is 13.0. The number of nitrogens with zero attached hydrogens (tertiary/aromatic N) is 1. The highest BCUT2D eigenvalue weighted by molar-refractivity contribution is 7.89. The van der Waals surface area contributed by atoms with Crippen LogP contribution in [0.3, 0.4) is 0 Å². The SMILES string of the molecule is O=S(=O)(c1ccc(OC(F)F)c(Cl)c1)N1CCCCC1C1OCCO1. The second-order valence-electron chi connectivity index (χ2n) is 5.76. The van der Waals surface area contributed by atoms with Crippen molar-refractivity contribution < 1.29 is 31.4 Å². The maximum absolute atomic E-state index is 13.0. The second-order valence-corrected chi connectivity index (χ2v) is 8.06. The number of benzene rings is 1. The van der Waals surface area contributed by atoms with Crippen LogP contribution in [0.2, 0.25) is 5.02 Å². The topological polar surface area (TPSA) is 65.1 Å². The Bertz CT molecular complexity index is 712. The Kier molecular flexibility index (Phi) is 5.79. The van der Waals surface area contributed by atoms with Crippen LogP contribution < -0.4 is 4.74 Å². The molecular weight excluding hydrogens is 380 g/mol. The van der Waals surface area contributed by atoms with Crippen LogP contribution in [0.5, 0.6) is 5.75 Å². The van der Waals surface area contributed by atoms with Crippen LogP contribution in [0.15, 0.2) is 23.1 Å². The highest BCUT2D eigenvalue weighted by Gasteiger charge is 2.40. The molecule has 2 saturated heterocycles. The predicted molar refractivity (Wildman–Crippen MR) is 85.3 cm³/mol. The van der Waals surface area contributed by atoms with Gasteiger partial charge in [0.05, 0.1) is 29.2 Å². The summed E-state index contributed by atoms with van der Waals surface area (Å²) in [6.07, 6.45) is 1.64. The van der Waals surface area contributed by atoms with E-state index in [2.05, 4.69) is 4.74 Å². The van der Waals surface area contributed by atoms with E-state index in [1.165, 1.54) is 10.4 Å². The number of halogens is 3. The summed E-state index contributed by atoms with van der Waals surface area (Å²) >= 11 is 5.89. The Morgan fingerprint density at radius 3 is 2.60 bits per heavy atom. The molecule has 0 N–H and O–H groups in total. The first-order valence-electron chi connectivity index (χ1n) is 7.89. The van der Waals surface area contributed by atoms with Crippen LogP contribution in [0.1, 0.15) is 19.3 Å². The standard InChI is InChI=1S/C15H18ClF2NO5S/c16-11-9-10(4-5-13(11)24-15(17)18)25(20,21)19-6-2-1-3-12(19)14-22-7-8-23-14/h4-5,9,12,14-15H,1-3,6-8H2. The van der Waals surface area contributed by atoms with Crippen molar-refractivity contribution in [2.75, 3.05) is 19.8 Å². The van der Waals surface area contributed by atoms with Crippen LogP contribution in [-0.2, 0) is 19.5 Å². The van der Waals surface area contributed by atoms with E-state index in [1.807, 2.05) is 0 Å². The molecule has 2 fully saturated rings. The molecular formula is C15H18ClF2NO5S. The van der Waals surface area contributed by atoms with E-state index in [0.29, 0.717) is 26.2 Å². The summed E-state index contributed by atoms with van der Waals surface area (Å²) in [5.74, 6) is -0.270. The van der Waals surface area contributed by atoms with Gasteiger partial charge in [-0.15, -0.1) is 0 Å². The first-order chi connectivity index (χ1) is 11.9. The quantitative estimate of drug-likeness (QED) is 0.764. The van der Waals surface area contributed by atoms with Crippen molar-refractivity contribution in [3.8, 4) is 5.75 Å². The van der Waals surface area contributed by atoms with Crippen molar-refractivity contribution in [1.82, 2.24) is 4.31 Å². The van der Waals surface area contributed by atoms with Gasteiger partial charge in [-0.3, -0.25) is 0 Å². The summed E-state index contributed by atoms with van der Waals surface area (Å²) in [5.41, 5.74) is 0. The average molecular weight is 398 g/mol. The first-order valence-corrected chi connectivity index (χ1v) is 9.71. The Hall–Kier alpha value is -1.00. The minimum Gasteiger partial charge on any atom is -0.433 e. The predicted octanol–water partition coefficient (Wildman–Crippen LogP) is 2.86. The van der Waals surface area contributed by atoms with Gasteiger partial charge in [0.15, 0.2) is 6.29 Å². The number of piperidine rings is 1. The van der Waals surface area contributed by atoms with Gasteiger partial charge in [0, 0.05) is 6.54 Å². The lowest BCUT2D eigenvalue weighted by Crippen LogP contribution is -2.50. The van der Waals surface area contributed by atoms with Crippen molar-refractivity contribution in [3.05, 3.63) is 23.2 Å². The number of sulfonamides is 1. The number of alkyl halides is 2. The first kappa shape index (κ1) is 18.8. The average Bonchev–Trinajstić information content (AvgIpc) is 3.10. The Morgan fingerprint density at radius 2 is 1.96 bits per heavy atom. The van der Waals surface area contributed by atoms with E-state index < -0.39 is 29.0 Å². The van der Waals surface area contributed by atoms with Crippen LogP contribution in [0.25, 0.3) is 0 Å². The molecule has 25 heavy (non-hydrogen) atoms. The van der Waals surface area contributed by atoms with Gasteiger partial charge in [0.2, 0.25) is 10.0 Å². The smallest absolute Gasteiger partial charge is 0.387 e. The summed E-state index contributed by atoms with van der Waals surface area (Å²) < 4.78 is 67.2. The highest BCUT2D eigenvalue weighted by Crippen LogP contribution is 2.33. The minimum absolute atomic E-state index is 0.0796. The maximum Gasteiger partial charge on any atom is 0.387 e. The molecule has 0 radical (unpaired) electrons. The van der Waals surface area contributed by atoms with Gasteiger partial charge in [-0.25, -0.2) is 8.42 Å². The Labute approximate surface area is 149 Å². The monoisotopic (exact) mass is 397 g/mol. The van der Waals surface area contributed by atoms with Crippen molar-refractivity contribution in [2.45, 2.75) is 43.1 Å². The fraction of sp³-hybridized carbons (Fsp3) is 0.600. The van der Waals surface area contributed by atoms with E-state index in [1.54, 1.807) is 0 Å². The molecule has 2 heterocycles. The van der Waals surface area contributed by atoms with E-state index in [9.17, 15) is 17.2 Å². The van der Waals surface area contributed by atoms with Crippen LogP contribution in [0.4, 0.5) is 8.78 Å². The largest absolute Gasteiger partial charge is 0.433 e. The summed E-state index contributed by atoms with van der Waals surface area (Å²) in [5, 5.41) is -0.191. The van der Waals surface area contributed by atoms with Crippen LogP contribution in [-0.4, -0.2) is 51.4 Å². The number of rotatable bonds is 5. The van der Waals surface area contributed by atoms with Gasteiger partial charge in [-0.1, -0.05) is 18.0 Å². The molecule has 140 valence electrons. The third-order valence-electron chi connectivity index (χ3n) is 4.19. The lowest BCUT2D eigenvalue weighted by molar-refractivity contribution is -0.0913. The molecule has 0 saturated carbocycles. The van der Waals surface area contributed by atoms with Crippen molar-refractivity contribution >= 4 is 21.6 Å². The van der Waals surface area contributed by atoms with Crippen molar-refractivity contribution in [1.29, 1.82) is 0 Å². The molecule has 1 atom stereocenters. The molecule has 10 heteroatoms. The molecule has 1 unspecified atom stereocenters. The molecule has 0 aromatic heterocycles. The lowest BCUT2D eigenvalue weighted by Gasteiger charge is -2.36. The number of hydrogen-bond donors (Lipinski definition) is 0. The van der Waals surface area contributed by atoms with Gasteiger partial charge in [0.25, 0.3) is 0 Å². The van der Waals surface area contributed by atoms with E-state index >= 15 is 0 Å². The summed E-state index contributed by atoms with van der Waals surface area (Å²) in [4.78, 5) is -0.0796. The van der Waals surface area contributed by atoms with Crippen LogP contribution in [0, 0.1) is 0 Å². The summed E-state index contributed by atoms with van der Waals surface area (Å²) in [7, 11) is -3.87. The van der Waals surface area contributed by atoms with Gasteiger partial charge in [-0.2, -0.15) is 13.1 Å². The van der Waals surface area contributed by atoms with Gasteiger partial charge < -0.3 is 14.2 Å². The third-order valence-corrected chi connectivity index (χ3v) is 6.40. The zero-order valence-corrected chi connectivity index (χ0v) is 14.8. The lowest BCUT2D eigenvalue weighted by atomic mass is 10.0. The molecule has 0 amide bonds. The van der Waals surface area contributed by atoms with E-state index in [0.717, 1.165) is 25.0 Å². The zero-order valence-electron chi connectivity index (χ0n) is 13.2. The van der Waals surface area contributed by atoms with Gasteiger partial charge in [0.1, 0.15) is 5.75 Å². The molecule has 1 aromatic rings. The molecule has 6 nitrogen and oxygen atoms in total. The van der Waals surface area contributed by atoms with E-state index in [4.69, 9.17) is 21.1 Å². The van der Waals surface area contributed by atoms with E-state index in [-0.39, 0.29) is 15.7 Å². The molecule has 2 aliphatic heterocycles. The highest BCUT2D eigenvalue weighted by atomic mass is 35.5. The third kappa shape index (κ3) is 4.06. The minimum atomic E-state index is -3.87. The van der Waals surface area contributed by atoms with Crippen LogP contribution >= 0.6 is 11.6 Å². The Morgan fingerprint density at radius 1 is 1.24 bits per heavy atom. The number of hydrogen-bond acceptors (Lipinski definition) is 5. The van der Waals surface area contributed by atoms with Crippen molar-refractivity contribution in [2.24, 2.45) is 0 Å². The molecule has 0 bridgehead atoms. The Balaban J connectivity index is 1.87. The molecule has 0 spiro atoms. The van der Waals surface area contributed by atoms with Gasteiger partial charge in [-0.05, 0) is 31.0 Å². The second kappa shape index (κ2) is 7.71. The summed E-state index contributed by atoms with van der Waals surface area (Å²) in [6, 6.07) is 3.04. The summed E-state index contributed by atoms with van der Waals surface area (Å²) in [6.45, 7) is -1.84.